The Balaban J connectivity index is 1.48. The lowest BCUT2D eigenvalue weighted by molar-refractivity contribution is -0.119. The van der Waals surface area contributed by atoms with Crippen molar-refractivity contribution < 1.29 is 14.4 Å². The number of thioether (sulfide) groups is 1. The van der Waals surface area contributed by atoms with Crippen molar-refractivity contribution in [1.82, 2.24) is 4.90 Å². The van der Waals surface area contributed by atoms with Crippen molar-refractivity contribution in [2.75, 3.05) is 28.4 Å². The fourth-order valence-electron chi connectivity index (χ4n) is 3.86. The second-order valence-electron chi connectivity index (χ2n) is 7.46. The van der Waals surface area contributed by atoms with Crippen LogP contribution in [0.1, 0.15) is 34.8 Å². The van der Waals surface area contributed by atoms with Gasteiger partial charge < -0.3 is 15.1 Å². The first-order valence-corrected chi connectivity index (χ1v) is 11.3. The maximum Gasteiger partial charge on any atom is 0.255 e. The normalized spacial score (nSPS) is 17.2. The van der Waals surface area contributed by atoms with Crippen molar-refractivity contribution in [2.45, 2.75) is 25.8 Å². The molecule has 0 aromatic heterocycles. The van der Waals surface area contributed by atoms with Gasteiger partial charge in [0.2, 0.25) is 11.8 Å². The van der Waals surface area contributed by atoms with Crippen molar-refractivity contribution in [1.29, 1.82) is 5.26 Å². The van der Waals surface area contributed by atoms with Gasteiger partial charge in [-0.15, -0.1) is 11.8 Å². The smallest absolute Gasteiger partial charge is 0.255 e. The van der Waals surface area contributed by atoms with Crippen molar-refractivity contribution in [3.05, 3.63) is 59.2 Å². The van der Waals surface area contributed by atoms with E-state index >= 15 is 0 Å². The summed E-state index contributed by atoms with van der Waals surface area (Å²) in [6.07, 6.45) is 1.17. The zero-order chi connectivity index (χ0) is 22.0. The molecule has 4 rings (SSSR count). The van der Waals surface area contributed by atoms with Crippen molar-refractivity contribution in [2.24, 2.45) is 0 Å². The van der Waals surface area contributed by atoms with Gasteiger partial charge in [-0.2, -0.15) is 5.26 Å². The van der Waals surface area contributed by atoms with E-state index in [0.717, 1.165) is 17.7 Å². The van der Waals surface area contributed by atoms with Crippen LogP contribution in [0.3, 0.4) is 0 Å². The lowest BCUT2D eigenvalue weighted by Crippen LogP contribution is -2.44. The molecule has 1 atom stereocenters. The number of rotatable bonds is 4. The standard InChI is InChI=1S/C23H22N4O3S/c1-2-21(28)26-10-9-16-11-17(5-8-19(16)26)23(30)27-14-31-13-20(27)22(29)25-18-6-3-15(12-24)4-7-18/h3-8,11,20H,2,9-10,13-14H2,1H3,(H,25,29). The fraction of sp³-hybridized carbons (Fsp3) is 0.304. The average molecular weight is 435 g/mol. The summed E-state index contributed by atoms with van der Waals surface area (Å²) in [7, 11) is 0. The number of hydrogen-bond acceptors (Lipinski definition) is 5. The molecule has 0 bridgehead atoms. The number of benzene rings is 2. The highest BCUT2D eigenvalue weighted by Gasteiger charge is 2.36. The Morgan fingerprint density at radius 2 is 1.97 bits per heavy atom. The van der Waals surface area contributed by atoms with Crippen LogP contribution >= 0.6 is 11.8 Å². The van der Waals surface area contributed by atoms with E-state index in [4.69, 9.17) is 5.26 Å². The summed E-state index contributed by atoms with van der Waals surface area (Å²) >= 11 is 1.54. The van der Waals surface area contributed by atoms with Crippen LogP contribution in [0.25, 0.3) is 0 Å². The Bertz CT molecular complexity index is 1080. The summed E-state index contributed by atoms with van der Waals surface area (Å²) in [6.45, 7) is 2.47. The Morgan fingerprint density at radius 3 is 2.68 bits per heavy atom. The minimum absolute atomic E-state index is 0.0771. The monoisotopic (exact) mass is 434 g/mol. The molecular formula is C23H22N4O3S. The summed E-state index contributed by atoms with van der Waals surface area (Å²) < 4.78 is 0. The van der Waals surface area contributed by atoms with E-state index in [1.54, 1.807) is 40.1 Å². The SMILES string of the molecule is CCC(=O)N1CCc2cc(C(=O)N3CSCC3C(=O)Nc3ccc(C#N)cc3)ccc21. The molecule has 8 heteroatoms. The number of nitriles is 1. The molecule has 0 spiro atoms. The van der Waals surface area contributed by atoms with Crippen molar-refractivity contribution in [3.8, 4) is 6.07 Å². The van der Waals surface area contributed by atoms with Gasteiger partial charge in [0.05, 0.1) is 17.5 Å². The Morgan fingerprint density at radius 1 is 1.19 bits per heavy atom. The van der Waals surface area contributed by atoms with Crippen LogP contribution in [-0.2, 0) is 16.0 Å². The first kappa shape index (κ1) is 20.9. The molecule has 2 aliphatic heterocycles. The summed E-state index contributed by atoms with van der Waals surface area (Å²) in [6, 6.07) is 13.5. The van der Waals surface area contributed by atoms with Crippen LogP contribution in [0.15, 0.2) is 42.5 Å². The Labute approximate surface area is 185 Å². The number of carbonyl (C=O) groups excluding carboxylic acids is 3. The molecule has 1 unspecified atom stereocenters. The van der Waals surface area contributed by atoms with E-state index in [0.29, 0.717) is 41.4 Å². The first-order valence-electron chi connectivity index (χ1n) is 10.1. The van der Waals surface area contributed by atoms with Crippen LogP contribution in [0.2, 0.25) is 0 Å². The number of amides is 3. The molecule has 1 fully saturated rings. The van der Waals surface area contributed by atoms with Crippen LogP contribution in [0, 0.1) is 11.3 Å². The Kier molecular flexibility index (Phi) is 5.96. The predicted molar refractivity (Wildman–Crippen MR) is 120 cm³/mol. The molecule has 0 radical (unpaired) electrons. The number of carbonyl (C=O) groups is 3. The maximum atomic E-state index is 13.2. The Hall–Kier alpha value is -3.31. The van der Waals surface area contributed by atoms with Crippen molar-refractivity contribution in [3.63, 3.8) is 0 Å². The molecule has 1 N–H and O–H groups in total. The van der Waals surface area contributed by atoms with E-state index in [1.807, 2.05) is 25.1 Å². The lowest BCUT2D eigenvalue weighted by Gasteiger charge is -2.23. The molecule has 2 aromatic rings. The van der Waals surface area contributed by atoms with Gasteiger partial charge in [0.1, 0.15) is 6.04 Å². The van der Waals surface area contributed by atoms with E-state index in [2.05, 4.69) is 5.32 Å². The molecule has 7 nitrogen and oxygen atoms in total. The van der Waals surface area contributed by atoms with Gasteiger partial charge in [0.25, 0.3) is 5.91 Å². The largest absolute Gasteiger partial charge is 0.324 e. The van der Waals surface area contributed by atoms with Gasteiger partial charge in [-0.3, -0.25) is 14.4 Å². The number of anilines is 2. The molecule has 3 amide bonds. The average Bonchev–Trinajstić information content (AvgIpc) is 3.45. The van der Waals surface area contributed by atoms with Crippen molar-refractivity contribution >= 4 is 40.9 Å². The van der Waals surface area contributed by atoms with E-state index in [9.17, 15) is 14.4 Å². The van der Waals surface area contributed by atoms with Gasteiger partial charge in [-0.05, 0) is 54.4 Å². The molecular weight excluding hydrogens is 412 g/mol. The quantitative estimate of drug-likeness (QED) is 0.798. The maximum absolute atomic E-state index is 13.2. The van der Waals surface area contributed by atoms with Crippen LogP contribution < -0.4 is 10.2 Å². The summed E-state index contributed by atoms with van der Waals surface area (Å²) in [5.41, 5.74) is 3.49. The van der Waals surface area contributed by atoms with Gasteiger partial charge in [0.15, 0.2) is 0 Å². The molecule has 2 aliphatic rings. The topological polar surface area (TPSA) is 93.5 Å². The fourth-order valence-corrected chi connectivity index (χ4v) is 5.02. The van der Waals surface area contributed by atoms with Crippen LogP contribution in [0.4, 0.5) is 11.4 Å². The van der Waals surface area contributed by atoms with E-state index in [1.165, 1.54) is 11.8 Å². The molecule has 1 saturated heterocycles. The van der Waals surface area contributed by atoms with Crippen LogP contribution in [-0.4, -0.2) is 46.8 Å². The molecule has 158 valence electrons. The minimum atomic E-state index is -0.570. The third kappa shape index (κ3) is 4.14. The van der Waals surface area contributed by atoms with Gasteiger partial charge in [-0.25, -0.2) is 0 Å². The van der Waals surface area contributed by atoms with Gasteiger partial charge in [-0.1, -0.05) is 6.92 Å². The van der Waals surface area contributed by atoms with Crippen LogP contribution in [0.5, 0.6) is 0 Å². The summed E-state index contributed by atoms with van der Waals surface area (Å²) in [5, 5.41) is 11.7. The third-order valence-corrected chi connectivity index (χ3v) is 6.57. The van der Waals surface area contributed by atoms with E-state index in [-0.39, 0.29) is 17.7 Å². The third-order valence-electron chi connectivity index (χ3n) is 5.55. The first-order chi connectivity index (χ1) is 15.0. The number of fused-ring (bicyclic) bond motifs is 1. The predicted octanol–water partition coefficient (Wildman–Crippen LogP) is 3.01. The molecule has 2 aromatic carbocycles. The number of nitrogens with one attached hydrogen (secondary N) is 1. The minimum Gasteiger partial charge on any atom is -0.324 e. The highest BCUT2D eigenvalue weighted by atomic mass is 32.2. The summed E-state index contributed by atoms with van der Waals surface area (Å²) in [5.74, 6) is 0.615. The van der Waals surface area contributed by atoms with E-state index < -0.39 is 6.04 Å². The summed E-state index contributed by atoms with van der Waals surface area (Å²) in [4.78, 5) is 41.5. The second-order valence-corrected chi connectivity index (χ2v) is 8.46. The lowest BCUT2D eigenvalue weighted by atomic mass is 10.1. The van der Waals surface area contributed by atoms with Gasteiger partial charge in [0, 0.05) is 35.7 Å². The molecule has 2 heterocycles. The number of nitrogens with zero attached hydrogens (tertiary/aromatic N) is 3. The highest BCUT2D eigenvalue weighted by molar-refractivity contribution is 7.99. The molecule has 31 heavy (non-hydrogen) atoms. The number of hydrogen-bond donors (Lipinski definition) is 1. The molecule has 0 saturated carbocycles. The molecule has 0 aliphatic carbocycles. The zero-order valence-electron chi connectivity index (χ0n) is 17.1. The zero-order valence-corrected chi connectivity index (χ0v) is 17.9. The highest BCUT2D eigenvalue weighted by Crippen LogP contribution is 2.31. The van der Waals surface area contributed by atoms with Gasteiger partial charge >= 0.3 is 0 Å². The second kappa shape index (κ2) is 8.82.